The van der Waals surface area contributed by atoms with Crippen LogP contribution in [0.2, 0.25) is 0 Å². The van der Waals surface area contributed by atoms with E-state index >= 15 is 0 Å². The summed E-state index contributed by atoms with van der Waals surface area (Å²) in [6, 6.07) is 8.83. The number of aliphatic carboxylic acids is 1. The minimum absolute atomic E-state index is 0.0594. The number of aliphatic imine (C=N–C) groups is 1. The minimum Gasteiger partial charge on any atom is -0.508 e. The Kier molecular flexibility index (Phi) is 4.31. The number of aromatic hydroxyl groups is 3. The van der Waals surface area contributed by atoms with Crippen LogP contribution in [0, 0.1) is 0 Å². The molecule has 22 heavy (non-hydrogen) atoms. The maximum atomic E-state index is 11.4. The summed E-state index contributed by atoms with van der Waals surface area (Å²) in [6.45, 7) is 1.48. The van der Waals surface area contributed by atoms with Crippen LogP contribution in [0.5, 0.6) is 17.2 Å². The predicted octanol–water partition coefficient (Wildman–Crippen LogP) is 2.44. The molecule has 0 aromatic heterocycles. The molecule has 0 saturated heterocycles. The van der Waals surface area contributed by atoms with Crippen LogP contribution in [0.25, 0.3) is 0 Å². The van der Waals surface area contributed by atoms with E-state index in [0.29, 0.717) is 0 Å². The van der Waals surface area contributed by atoms with Crippen LogP contribution < -0.4 is 0 Å². The summed E-state index contributed by atoms with van der Waals surface area (Å²) in [5, 5.41) is 38.7. The summed E-state index contributed by atoms with van der Waals surface area (Å²) in [5.41, 5.74) is 0.333. The fourth-order valence-electron chi connectivity index (χ4n) is 2.13. The molecule has 0 aliphatic heterocycles. The number of hydrogen-bond donors (Lipinski definition) is 4. The fourth-order valence-corrected chi connectivity index (χ4v) is 2.13. The Morgan fingerprint density at radius 1 is 0.955 bits per heavy atom. The SMILES string of the molecule is CC(=NC(C(=O)O)c1ccccc1O)c1c(O)cccc1O. The van der Waals surface area contributed by atoms with E-state index in [9.17, 15) is 25.2 Å². The van der Waals surface area contributed by atoms with Gasteiger partial charge in [-0.05, 0) is 25.1 Å². The Hall–Kier alpha value is -3.02. The van der Waals surface area contributed by atoms with Crippen molar-refractivity contribution in [3.63, 3.8) is 0 Å². The third-order valence-corrected chi connectivity index (χ3v) is 3.17. The van der Waals surface area contributed by atoms with E-state index < -0.39 is 12.0 Å². The monoisotopic (exact) mass is 301 g/mol. The predicted molar refractivity (Wildman–Crippen MR) is 80.5 cm³/mol. The molecule has 2 aromatic rings. The number of para-hydroxylation sites is 1. The van der Waals surface area contributed by atoms with Crippen LogP contribution >= 0.6 is 0 Å². The highest BCUT2D eigenvalue weighted by Gasteiger charge is 2.23. The lowest BCUT2D eigenvalue weighted by Gasteiger charge is -2.13. The van der Waals surface area contributed by atoms with Gasteiger partial charge in [0.25, 0.3) is 0 Å². The van der Waals surface area contributed by atoms with Gasteiger partial charge in [-0.1, -0.05) is 24.3 Å². The number of phenols is 3. The first-order valence-electron chi connectivity index (χ1n) is 6.48. The summed E-state index contributed by atoms with van der Waals surface area (Å²) in [4.78, 5) is 15.5. The van der Waals surface area contributed by atoms with Gasteiger partial charge >= 0.3 is 5.97 Å². The highest BCUT2D eigenvalue weighted by atomic mass is 16.4. The van der Waals surface area contributed by atoms with E-state index in [1.54, 1.807) is 12.1 Å². The third-order valence-electron chi connectivity index (χ3n) is 3.17. The largest absolute Gasteiger partial charge is 0.508 e. The molecule has 6 nitrogen and oxygen atoms in total. The average Bonchev–Trinajstić information content (AvgIpc) is 2.45. The quantitative estimate of drug-likeness (QED) is 0.648. The standard InChI is InChI=1S/C16H15NO5/c1-9(14-12(19)7-4-8-13(14)20)17-15(16(21)22)10-5-2-3-6-11(10)18/h2-8,15,18-20H,1H3,(H,21,22). The lowest BCUT2D eigenvalue weighted by Crippen LogP contribution is -2.12. The molecule has 2 aromatic carbocycles. The van der Waals surface area contributed by atoms with Crippen LogP contribution in [-0.4, -0.2) is 32.1 Å². The second kappa shape index (κ2) is 6.17. The van der Waals surface area contributed by atoms with Crippen LogP contribution in [0.1, 0.15) is 24.1 Å². The van der Waals surface area contributed by atoms with Crippen LogP contribution in [0.4, 0.5) is 0 Å². The van der Waals surface area contributed by atoms with Crippen molar-refractivity contribution in [1.29, 1.82) is 0 Å². The Morgan fingerprint density at radius 3 is 2.05 bits per heavy atom. The lowest BCUT2D eigenvalue weighted by atomic mass is 10.0. The Morgan fingerprint density at radius 2 is 1.50 bits per heavy atom. The van der Waals surface area contributed by atoms with Gasteiger partial charge in [0, 0.05) is 11.3 Å². The first-order valence-corrected chi connectivity index (χ1v) is 6.48. The summed E-state index contributed by atoms with van der Waals surface area (Å²) in [6.07, 6.45) is 0. The fraction of sp³-hybridized carbons (Fsp3) is 0.125. The van der Waals surface area contributed by atoms with E-state index in [1.165, 1.54) is 37.3 Å². The van der Waals surface area contributed by atoms with E-state index in [4.69, 9.17) is 0 Å². The van der Waals surface area contributed by atoms with Gasteiger partial charge in [0.1, 0.15) is 17.2 Å². The van der Waals surface area contributed by atoms with E-state index in [1.807, 2.05) is 0 Å². The Bertz CT molecular complexity index is 719. The van der Waals surface area contributed by atoms with Gasteiger partial charge < -0.3 is 20.4 Å². The molecule has 0 bridgehead atoms. The van der Waals surface area contributed by atoms with Crippen LogP contribution in [-0.2, 0) is 4.79 Å². The van der Waals surface area contributed by atoms with Crippen molar-refractivity contribution in [2.24, 2.45) is 4.99 Å². The highest BCUT2D eigenvalue weighted by Crippen LogP contribution is 2.31. The number of carboxylic acids is 1. The maximum absolute atomic E-state index is 11.4. The normalized spacial score (nSPS) is 12.9. The van der Waals surface area contributed by atoms with Gasteiger partial charge in [-0.25, -0.2) is 4.79 Å². The Labute approximate surface area is 126 Å². The maximum Gasteiger partial charge on any atom is 0.333 e. The summed E-state index contributed by atoms with van der Waals surface area (Å²) < 4.78 is 0. The van der Waals surface area contributed by atoms with Gasteiger partial charge in [-0.2, -0.15) is 0 Å². The average molecular weight is 301 g/mol. The minimum atomic E-state index is -1.35. The van der Waals surface area contributed by atoms with Crippen LogP contribution in [0.15, 0.2) is 47.5 Å². The summed E-state index contributed by atoms with van der Waals surface area (Å²) in [5.74, 6) is -1.85. The molecule has 0 amide bonds. The van der Waals surface area contributed by atoms with Crippen molar-refractivity contribution in [3.8, 4) is 17.2 Å². The van der Waals surface area contributed by atoms with E-state index in [2.05, 4.69) is 4.99 Å². The molecule has 0 saturated carbocycles. The van der Waals surface area contributed by atoms with Crippen LogP contribution in [0.3, 0.4) is 0 Å². The second-order valence-electron chi connectivity index (χ2n) is 4.69. The Balaban J connectivity index is 2.52. The summed E-state index contributed by atoms with van der Waals surface area (Å²) >= 11 is 0. The van der Waals surface area contributed by atoms with Crippen molar-refractivity contribution in [2.75, 3.05) is 0 Å². The molecular formula is C16H15NO5. The van der Waals surface area contributed by atoms with Gasteiger partial charge in [0.2, 0.25) is 0 Å². The molecule has 4 N–H and O–H groups in total. The van der Waals surface area contributed by atoms with Gasteiger partial charge in [0.05, 0.1) is 5.56 Å². The number of benzene rings is 2. The van der Waals surface area contributed by atoms with Crippen molar-refractivity contribution < 1.29 is 25.2 Å². The zero-order chi connectivity index (χ0) is 16.3. The molecule has 0 aliphatic carbocycles. The number of phenolic OH excluding ortho intramolecular Hbond substituents is 3. The highest BCUT2D eigenvalue weighted by molar-refractivity contribution is 6.04. The zero-order valence-corrected chi connectivity index (χ0v) is 11.8. The molecule has 0 heterocycles. The molecule has 1 atom stereocenters. The smallest absolute Gasteiger partial charge is 0.333 e. The van der Waals surface area contributed by atoms with E-state index in [-0.39, 0.29) is 34.1 Å². The van der Waals surface area contributed by atoms with E-state index in [0.717, 1.165) is 0 Å². The molecule has 1 unspecified atom stereocenters. The summed E-state index contributed by atoms with van der Waals surface area (Å²) in [7, 11) is 0. The molecule has 0 spiro atoms. The molecule has 0 radical (unpaired) electrons. The zero-order valence-electron chi connectivity index (χ0n) is 11.8. The van der Waals surface area contributed by atoms with Crippen molar-refractivity contribution >= 4 is 11.7 Å². The number of rotatable bonds is 4. The molecule has 2 rings (SSSR count). The number of carbonyl (C=O) groups is 1. The first-order chi connectivity index (χ1) is 10.4. The number of carboxylic acid groups (broad SMARTS) is 1. The molecular weight excluding hydrogens is 286 g/mol. The van der Waals surface area contributed by atoms with Gasteiger partial charge in [0.15, 0.2) is 6.04 Å². The topological polar surface area (TPSA) is 110 Å². The number of nitrogens with zero attached hydrogens (tertiary/aromatic N) is 1. The second-order valence-corrected chi connectivity index (χ2v) is 4.69. The third kappa shape index (κ3) is 3.01. The molecule has 114 valence electrons. The first kappa shape index (κ1) is 15.4. The van der Waals surface area contributed by atoms with Gasteiger partial charge in [-0.15, -0.1) is 0 Å². The van der Waals surface area contributed by atoms with Crippen molar-refractivity contribution in [2.45, 2.75) is 13.0 Å². The van der Waals surface area contributed by atoms with Crippen molar-refractivity contribution in [1.82, 2.24) is 0 Å². The number of hydrogen-bond acceptors (Lipinski definition) is 5. The van der Waals surface area contributed by atoms with Gasteiger partial charge in [-0.3, -0.25) is 4.99 Å². The van der Waals surface area contributed by atoms with Crippen molar-refractivity contribution in [3.05, 3.63) is 53.6 Å². The lowest BCUT2D eigenvalue weighted by molar-refractivity contribution is -0.138. The molecule has 6 heteroatoms. The molecule has 0 aliphatic rings. The molecule has 0 fully saturated rings.